The molecule has 0 fully saturated rings. The molecule has 33 heavy (non-hydrogen) atoms. The molecule has 2 aromatic rings. The van der Waals surface area contributed by atoms with E-state index in [-0.39, 0.29) is 5.60 Å². The smallest absolute Gasteiger partial charge is 0.118 e. The van der Waals surface area contributed by atoms with Crippen LogP contribution in [0.15, 0.2) is 60.7 Å². The van der Waals surface area contributed by atoms with Gasteiger partial charge in [0.05, 0.1) is 0 Å². The second-order valence-corrected chi connectivity index (χ2v) is 9.75. The van der Waals surface area contributed by atoms with Crippen LogP contribution in [0.4, 0.5) is 0 Å². The molecule has 1 nitrogen and oxygen atoms in total. The fraction of sp³-hybridized carbons (Fsp3) is 0.625. The van der Waals surface area contributed by atoms with Gasteiger partial charge in [-0.3, -0.25) is 0 Å². The quantitative estimate of drug-likeness (QED) is 0.182. The molecular formula is C32H50O. The molecule has 2 rings (SSSR count). The molecule has 184 valence electrons. The summed E-state index contributed by atoms with van der Waals surface area (Å²) in [6.45, 7) is 5.42. The zero-order chi connectivity index (χ0) is 23.5. The molecule has 0 aromatic heterocycles. The molecule has 0 aliphatic heterocycles. The monoisotopic (exact) mass is 450 g/mol. The number of hydrogen-bond acceptors (Lipinski definition) is 1. The van der Waals surface area contributed by atoms with Gasteiger partial charge in [0.15, 0.2) is 0 Å². The summed E-state index contributed by atoms with van der Waals surface area (Å²) >= 11 is 0. The SMILES string of the molecule is CCCCCCCCCCOC(CCCCCCCCC)(c1ccccc1)c1ccccc1. The third kappa shape index (κ3) is 10.5. The highest BCUT2D eigenvalue weighted by Crippen LogP contribution is 2.39. The lowest BCUT2D eigenvalue weighted by molar-refractivity contribution is -0.0284. The van der Waals surface area contributed by atoms with Crippen molar-refractivity contribution in [2.45, 2.75) is 122 Å². The molecule has 0 unspecified atom stereocenters. The van der Waals surface area contributed by atoms with E-state index in [1.165, 1.54) is 101 Å². The Morgan fingerprint density at radius 2 is 0.879 bits per heavy atom. The maximum Gasteiger partial charge on any atom is 0.118 e. The predicted octanol–water partition coefficient (Wildman–Crippen LogP) is 10.2. The van der Waals surface area contributed by atoms with E-state index in [0.29, 0.717) is 0 Å². The fourth-order valence-electron chi connectivity index (χ4n) is 4.92. The minimum atomic E-state index is -0.326. The maximum absolute atomic E-state index is 6.89. The Labute approximate surface area is 205 Å². The van der Waals surface area contributed by atoms with Crippen LogP contribution in [0.2, 0.25) is 0 Å². The Morgan fingerprint density at radius 3 is 1.33 bits per heavy atom. The van der Waals surface area contributed by atoms with Crippen molar-refractivity contribution in [1.82, 2.24) is 0 Å². The third-order valence-electron chi connectivity index (χ3n) is 6.96. The molecule has 0 saturated carbocycles. The number of benzene rings is 2. The van der Waals surface area contributed by atoms with Gasteiger partial charge in [0.25, 0.3) is 0 Å². The lowest BCUT2D eigenvalue weighted by atomic mass is 9.81. The lowest BCUT2D eigenvalue weighted by Crippen LogP contribution is -2.32. The highest BCUT2D eigenvalue weighted by Gasteiger charge is 2.34. The van der Waals surface area contributed by atoms with Gasteiger partial charge in [-0.25, -0.2) is 0 Å². The molecule has 0 spiro atoms. The van der Waals surface area contributed by atoms with Crippen LogP contribution in [-0.2, 0) is 10.3 Å². The van der Waals surface area contributed by atoms with E-state index >= 15 is 0 Å². The van der Waals surface area contributed by atoms with Crippen LogP contribution < -0.4 is 0 Å². The van der Waals surface area contributed by atoms with E-state index in [0.717, 1.165) is 19.4 Å². The van der Waals surface area contributed by atoms with E-state index in [1.807, 2.05) is 0 Å². The van der Waals surface area contributed by atoms with Crippen LogP contribution in [0, 0.1) is 0 Å². The lowest BCUT2D eigenvalue weighted by Gasteiger charge is -2.35. The summed E-state index contributed by atoms with van der Waals surface area (Å²) in [7, 11) is 0. The Balaban J connectivity index is 1.98. The average Bonchev–Trinajstić information content (AvgIpc) is 2.87. The van der Waals surface area contributed by atoms with Crippen molar-refractivity contribution >= 4 is 0 Å². The fourth-order valence-corrected chi connectivity index (χ4v) is 4.92. The van der Waals surface area contributed by atoms with Crippen molar-refractivity contribution in [3.05, 3.63) is 71.8 Å². The summed E-state index contributed by atoms with van der Waals surface area (Å²) in [6.07, 6.45) is 21.0. The summed E-state index contributed by atoms with van der Waals surface area (Å²) in [5.41, 5.74) is 2.29. The van der Waals surface area contributed by atoms with Gasteiger partial charge < -0.3 is 4.74 Å². The first kappa shape index (κ1) is 27.6. The Kier molecular flexibility index (Phi) is 14.9. The minimum absolute atomic E-state index is 0.326. The van der Waals surface area contributed by atoms with Gasteiger partial charge >= 0.3 is 0 Å². The molecule has 0 N–H and O–H groups in total. The Bertz CT molecular complexity index is 639. The van der Waals surface area contributed by atoms with Crippen molar-refractivity contribution < 1.29 is 4.74 Å². The first-order valence-corrected chi connectivity index (χ1v) is 14.1. The topological polar surface area (TPSA) is 9.23 Å². The number of unbranched alkanes of at least 4 members (excludes halogenated alkanes) is 13. The maximum atomic E-state index is 6.89. The zero-order valence-corrected chi connectivity index (χ0v) is 21.7. The van der Waals surface area contributed by atoms with Gasteiger partial charge in [0.2, 0.25) is 0 Å². The Morgan fingerprint density at radius 1 is 0.485 bits per heavy atom. The first-order valence-electron chi connectivity index (χ1n) is 14.1. The number of rotatable bonds is 20. The molecule has 0 heterocycles. The molecule has 0 aliphatic rings. The molecule has 0 bridgehead atoms. The van der Waals surface area contributed by atoms with Crippen LogP contribution in [0.3, 0.4) is 0 Å². The molecule has 0 amide bonds. The standard InChI is InChI=1S/C32H50O/c1-3-5-7-9-11-13-15-23-29-33-32(30-24-18-16-19-25-30,31-26-20-17-21-27-31)28-22-14-12-10-8-6-4-2/h16-21,24-27H,3-15,22-23,28-29H2,1-2H3. The van der Waals surface area contributed by atoms with Gasteiger partial charge in [-0.1, -0.05) is 158 Å². The highest BCUT2D eigenvalue weighted by molar-refractivity contribution is 5.36. The predicted molar refractivity (Wildman–Crippen MR) is 145 cm³/mol. The van der Waals surface area contributed by atoms with Crippen LogP contribution >= 0.6 is 0 Å². The van der Waals surface area contributed by atoms with Crippen molar-refractivity contribution in [2.75, 3.05) is 6.61 Å². The van der Waals surface area contributed by atoms with Crippen molar-refractivity contribution in [2.24, 2.45) is 0 Å². The summed E-state index contributed by atoms with van der Waals surface area (Å²) in [6, 6.07) is 22.0. The summed E-state index contributed by atoms with van der Waals surface area (Å²) in [4.78, 5) is 0. The van der Waals surface area contributed by atoms with E-state index in [4.69, 9.17) is 4.74 Å². The van der Waals surface area contributed by atoms with E-state index < -0.39 is 0 Å². The normalized spacial score (nSPS) is 11.7. The van der Waals surface area contributed by atoms with Crippen molar-refractivity contribution in [1.29, 1.82) is 0 Å². The molecular weight excluding hydrogens is 400 g/mol. The molecule has 2 aromatic carbocycles. The molecule has 0 aliphatic carbocycles. The summed E-state index contributed by atoms with van der Waals surface area (Å²) in [5.74, 6) is 0. The van der Waals surface area contributed by atoms with Crippen LogP contribution in [-0.4, -0.2) is 6.61 Å². The van der Waals surface area contributed by atoms with Gasteiger partial charge in [-0.2, -0.15) is 0 Å². The molecule has 0 atom stereocenters. The first-order chi connectivity index (χ1) is 16.3. The van der Waals surface area contributed by atoms with E-state index in [9.17, 15) is 0 Å². The number of hydrogen-bond donors (Lipinski definition) is 0. The van der Waals surface area contributed by atoms with Gasteiger partial charge in [0.1, 0.15) is 5.60 Å². The summed E-state index contributed by atoms with van der Waals surface area (Å²) in [5, 5.41) is 0. The van der Waals surface area contributed by atoms with Crippen LogP contribution in [0.25, 0.3) is 0 Å². The average molecular weight is 451 g/mol. The third-order valence-corrected chi connectivity index (χ3v) is 6.96. The number of ether oxygens (including phenoxy) is 1. The van der Waals surface area contributed by atoms with Crippen LogP contribution in [0.1, 0.15) is 128 Å². The molecule has 0 radical (unpaired) electrons. The van der Waals surface area contributed by atoms with Gasteiger partial charge in [-0.15, -0.1) is 0 Å². The van der Waals surface area contributed by atoms with Gasteiger partial charge in [-0.05, 0) is 30.4 Å². The highest BCUT2D eigenvalue weighted by atomic mass is 16.5. The molecule has 0 saturated heterocycles. The second-order valence-electron chi connectivity index (χ2n) is 9.75. The molecule has 1 heteroatoms. The van der Waals surface area contributed by atoms with E-state index in [2.05, 4.69) is 74.5 Å². The minimum Gasteiger partial charge on any atom is -0.366 e. The van der Waals surface area contributed by atoms with Crippen molar-refractivity contribution in [3.8, 4) is 0 Å². The largest absolute Gasteiger partial charge is 0.366 e. The van der Waals surface area contributed by atoms with Crippen LogP contribution in [0.5, 0.6) is 0 Å². The van der Waals surface area contributed by atoms with Gasteiger partial charge in [0, 0.05) is 6.61 Å². The Hall–Kier alpha value is -1.60. The van der Waals surface area contributed by atoms with Crippen molar-refractivity contribution in [3.63, 3.8) is 0 Å². The second kappa shape index (κ2) is 17.8. The van der Waals surface area contributed by atoms with E-state index in [1.54, 1.807) is 0 Å². The summed E-state index contributed by atoms with van der Waals surface area (Å²) < 4.78 is 6.89. The zero-order valence-electron chi connectivity index (χ0n) is 21.7.